The van der Waals surface area contributed by atoms with E-state index in [0.717, 1.165) is 23.1 Å². The van der Waals surface area contributed by atoms with Gasteiger partial charge in [0.2, 0.25) is 0 Å². The van der Waals surface area contributed by atoms with Gasteiger partial charge in [-0.05, 0) is 25.3 Å². The van der Waals surface area contributed by atoms with Crippen molar-refractivity contribution in [1.29, 1.82) is 0 Å². The number of ether oxygens (including phenoxy) is 2. The molecule has 1 aliphatic carbocycles. The van der Waals surface area contributed by atoms with Crippen molar-refractivity contribution in [3.8, 4) is 0 Å². The van der Waals surface area contributed by atoms with E-state index in [1.807, 2.05) is 24.3 Å². The second-order valence-corrected chi connectivity index (χ2v) is 6.49. The van der Waals surface area contributed by atoms with Crippen molar-refractivity contribution in [1.82, 2.24) is 0 Å². The van der Waals surface area contributed by atoms with Crippen LogP contribution in [0.15, 0.2) is 42.0 Å². The summed E-state index contributed by atoms with van der Waals surface area (Å²) in [5.74, 6) is 0.252. The van der Waals surface area contributed by atoms with E-state index in [9.17, 15) is 9.59 Å². The number of rotatable bonds is 2. The molecule has 2 aliphatic rings. The highest BCUT2D eigenvalue weighted by molar-refractivity contribution is 8.00. The van der Waals surface area contributed by atoms with E-state index in [2.05, 4.69) is 11.3 Å². The Morgan fingerprint density at radius 1 is 1.33 bits per heavy atom. The molecule has 1 aliphatic heterocycles. The molecule has 0 N–H and O–H groups in total. The van der Waals surface area contributed by atoms with Crippen LogP contribution < -0.4 is 0 Å². The standard InChI is InChI=1S/C16H16O4S/c1-2-19-16(18)20-10-7-8-12-14(9-10)21-13-6-4-3-5-11(13)15(12)17/h2-6,10,12,14H,1,7-9H2. The minimum absolute atomic E-state index is 0.0279. The summed E-state index contributed by atoms with van der Waals surface area (Å²) in [7, 11) is 0. The Kier molecular flexibility index (Phi) is 4.01. The molecule has 1 heterocycles. The van der Waals surface area contributed by atoms with Gasteiger partial charge in [-0.3, -0.25) is 4.79 Å². The SMILES string of the molecule is C=COC(=O)OC1CCC2C(=O)c3ccccc3SC2C1. The monoisotopic (exact) mass is 304 g/mol. The first kappa shape index (κ1) is 14.2. The van der Waals surface area contributed by atoms with Crippen LogP contribution in [0, 0.1) is 5.92 Å². The van der Waals surface area contributed by atoms with Crippen molar-refractivity contribution in [2.45, 2.75) is 35.5 Å². The Hall–Kier alpha value is -1.75. The molecule has 0 saturated heterocycles. The number of carbonyl (C=O) groups excluding carboxylic acids is 2. The summed E-state index contributed by atoms with van der Waals surface area (Å²) in [4.78, 5) is 24.9. The quantitative estimate of drug-likeness (QED) is 0.614. The summed E-state index contributed by atoms with van der Waals surface area (Å²) in [6, 6.07) is 7.71. The topological polar surface area (TPSA) is 52.6 Å². The van der Waals surface area contributed by atoms with Gasteiger partial charge < -0.3 is 9.47 Å². The molecule has 1 aromatic rings. The van der Waals surface area contributed by atoms with Crippen LogP contribution >= 0.6 is 11.8 Å². The van der Waals surface area contributed by atoms with E-state index in [-0.39, 0.29) is 23.1 Å². The van der Waals surface area contributed by atoms with E-state index in [1.165, 1.54) is 0 Å². The van der Waals surface area contributed by atoms with Crippen LogP contribution in [0.4, 0.5) is 4.79 Å². The second kappa shape index (κ2) is 5.93. The van der Waals surface area contributed by atoms with Crippen molar-refractivity contribution in [2.24, 2.45) is 5.92 Å². The number of hydrogen-bond acceptors (Lipinski definition) is 5. The van der Waals surface area contributed by atoms with Gasteiger partial charge >= 0.3 is 6.16 Å². The average molecular weight is 304 g/mol. The normalized spacial score (nSPS) is 27.2. The predicted molar refractivity (Wildman–Crippen MR) is 79.3 cm³/mol. The van der Waals surface area contributed by atoms with Crippen LogP contribution in [-0.4, -0.2) is 23.3 Å². The smallest absolute Gasteiger partial charge is 0.431 e. The summed E-state index contributed by atoms with van der Waals surface area (Å²) in [6.07, 6.45) is 2.27. The molecule has 110 valence electrons. The average Bonchev–Trinajstić information content (AvgIpc) is 2.47. The van der Waals surface area contributed by atoms with E-state index < -0.39 is 6.16 Å². The molecule has 5 heteroatoms. The number of carbonyl (C=O) groups is 2. The molecule has 1 aromatic carbocycles. The van der Waals surface area contributed by atoms with Gasteiger partial charge in [-0.1, -0.05) is 24.8 Å². The molecule has 0 spiro atoms. The first-order chi connectivity index (χ1) is 10.2. The lowest BCUT2D eigenvalue weighted by Crippen LogP contribution is -2.39. The number of Topliss-reactive ketones (excluding diaryl/α,β-unsaturated/α-hetero) is 1. The Morgan fingerprint density at radius 2 is 2.14 bits per heavy atom. The fourth-order valence-electron chi connectivity index (χ4n) is 3.00. The van der Waals surface area contributed by atoms with Crippen LogP contribution in [0.3, 0.4) is 0 Å². The molecule has 0 aromatic heterocycles. The number of hydrogen-bond donors (Lipinski definition) is 0. The molecular formula is C16H16O4S. The molecule has 4 nitrogen and oxygen atoms in total. The van der Waals surface area contributed by atoms with Gasteiger partial charge in [0.05, 0.1) is 6.26 Å². The van der Waals surface area contributed by atoms with Gasteiger partial charge in [-0.25, -0.2) is 4.79 Å². The molecule has 0 radical (unpaired) electrons. The Balaban J connectivity index is 1.71. The van der Waals surface area contributed by atoms with Crippen molar-refractivity contribution < 1.29 is 19.1 Å². The van der Waals surface area contributed by atoms with Crippen molar-refractivity contribution in [3.05, 3.63) is 42.7 Å². The predicted octanol–water partition coefficient (Wildman–Crippen LogP) is 3.81. The highest BCUT2D eigenvalue weighted by atomic mass is 32.2. The summed E-state index contributed by atoms with van der Waals surface area (Å²) in [5, 5.41) is 0.169. The largest absolute Gasteiger partial charge is 0.513 e. The van der Waals surface area contributed by atoms with Gasteiger partial charge in [-0.15, -0.1) is 11.8 Å². The number of ketones is 1. The first-order valence-electron chi connectivity index (χ1n) is 6.97. The molecule has 0 amide bonds. The van der Waals surface area contributed by atoms with Gasteiger partial charge in [0.25, 0.3) is 0 Å². The fourth-order valence-corrected chi connectivity index (χ4v) is 4.51. The maximum atomic E-state index is 12.5. The number of thioether (sulfide) groups is 1. The van der Waals surface area contributed by atoms with E-state index in [1.54, 1.807) is 11.8 Å². The Labute approximate surface area is 127 Å². The third-order valence-corrected chi connectivity index (χ3v) is 5.39. The van der Waals surface area contributed by atoms with Gasteiger partial charge in [0, 0.05) is 21.6 Å². The van der Waals surface area contributed by atoms with Crippen LogP contribution in [0.2, 0.25) is 0 Å². The minimum atomic E-state index is -0.721. The highest BCUT2D eigenvalue weighted by Crippen LogP contribution is 2.45. The zero-order valence-corrected chi connectivity index (χ0v) is 12.3. The van der Waals surface area contributed by atoms with Crippen LogP contribution in [0.5, 0.6) is 0 Å². The summed E-state index contributed by atoms with van der Waals surface area (Å²) >= 11 is 1.72. The Bertz CT molecular complexity index is 583. The molecule has 1 saturated carbocycles. The highest BCUT2D eigenvalue weighted by Gasteiger charge is 2.41. The fraction of sp³-hybridized carbons (Fsp3) is 0.375. The molecule has 21 heavy (non-hydrogen) atoms. The minimum Gasteiger partial charge on any atom is -0.431 e. The Morgan fingerprint density at radius 3 is 2.95 bits per heavy atom. The second-order valence-electron chi connectivity index (χ2n) is 5.21. The lowest BCUT2D eigenvalue weighted by Gasteiger charge is -2.37. The maximum Gasteiger partial charge on any atom is 0.513 e. The first-order valence-corrected chi connectivity index (χ1v) is 7.85. The maximum absolute atomic E-state index is 12.5. The zero-order valence-electron chi connectivity index (χ0n) is 11.5. The van der Waals surface area contributed by atoms with E-state index in [4.69, 9.17) is 4.74 Å². The van der Waals surface area contributed by atoms with E-state index >= 15 is 0 Å². The zero-order chi connectivity index (χ0) is 14.8. The third kappa shape index (κ3) is 2.83. The summed E-state index contributed by atoms with van der Waals surface area (Å²) < 4.78 is 9.83. The number of benzene rings is 1. The van der Waals surface area contributed by atoms with Crippen LogP contribution in [0.1, 0.15) is 29.6 Å². The molecule has 3 rings (SSSR count). The van der Waals surface area contributed by atoms with Gasteiger partial charge in [0.15, 0.2) is 5.78 Å². The van der Waals surface area contributed by atoms with Crippen molar-refractivity contribution >= 4 is 23.7 Å². The molecular weight excluding hydrogens is 288 g/mol. The van der Waals surface area contributed by atoms with Crippen molar-refractivity contribution in [2.75, 3.05) is 0 Å². The number of fused-ring (bicyclic) bond motifs is 2. The van der Waals surface area contributed by atoms with Crippen LogP contribution in [-0.2, 0) is 9.47 Å². The molecule has 1 fully saturated rings. The van der Waals surface area contributed by atoms with Crippen molar-refractivity contribution in [3.63, 3.8) is 0 Å². The third-order valence-electron chi connectivity index (χ3n) is 3.95. The van der Waals surface area contributed by atoms with Gasteiger partial charge in [-0.2, -0.15) is 0 Å². The lowest BCUT2D eigenvalue weighted by atomic mass is 9.81. The summed E-state index contributed by atoms with van der Waals surface area (Å²) in [6.45, 7) is 3.32. The molecule has 3 atom stereocenters. The van der Waals surface area contributed by atoms with Gasteiger partial charge in [0.1, 0.15) is 6.10 Å². The van der Waals surface area contributed by atoms with E-state index in [0.29, 0.717) is 12.8 Å². The summed E-state index contributed by atoms with van der Waals surface area (Å²) in [5.41, 5.74) is 0.828. The molecule has 3 unspecified atom stereocenters. The van der Waals surface area contributed by atoms with Crippen LogP contribution in [0.25, 0.3) is 0 Å². The molecule has 0 bridgehead atoms. The lowest BCUT2D eigenvalue weighted by molar-refractivity contribution is 0.0261.